The molecule has 0 aliphatic heterocycles. The molecular weight excluding hydrogens is 436 g/mol. The van der Waals surface area contributed by atoms with Crippen molar-refractivity contribution in [2.75, 3.05) is 44.0 Å². The number of benzene rings is 2. The molecule has 178 valence electrons. The van der Waals surface area contributed by atoms with E-state index in [0.717, 1.165) is 60.4 Å². The van der Waals surface area contributed by atoms with E-state index in [1.54, 1.807) is 25.3 Å². The number of aromatic nitrogens is 1. The minimum atomic E-state index is -0.122. The highest BCUT2D eigenvalue weighted by molar-refractivity contribution is 7.13. The van der Waals surface area contributed by atoms with Crippen LogP contribution in [-0.4, -0.2) is 43.6 Å². The molecule has 3 N–H and O–H groups in total. The van der Waals surface area contributed by atoms with Gasteiger partial charge in [-0.25, -0.2) is 0 Å². The number of hydrogen-bond donors (Lipinski definition) is 3. The van der Waals surface area contributed by atoms with Gasteiger partial charge >= 0.3 is 0 Å². The molecular formula is C25H34N4O3S. The molecule has 8 heteroatoms. The zero-order valence-corrected chi connectivity index (χ0v) is 20.5. The highest BCUT2D eigenvalue weighted by atomic mass is 32.1. The van der Waals surface area contributed by atoms with Crippen molar-refractivity contribution in [3.05, 3.63) is 42.0 Å². The molecule has 2 aromatic carbocycles. The lowest BCUT2D eigenvalue weighted by Gasteiger charge is -2.12. The summed E-state index contributed by atoms with van der Waals surface area (Å²) in [6.07, 6.45) is 3.87. The summed E-state index contributed by atoms with van der Waals surface area (Å²) in [6, 6.07) is 11.6. The van der Waals surface area contributed by atoms with Crippen molar-refractivity contribution < 1.29 is 14.3 Å². The fraction of sp³-hybridized carbons (Fsp3) is 0.440. The Hall–Kier alpha value is -3.00. The molecule has 1 heterocycles. The fourth-order valence-corrected chi connectivity index (χ4v) is 4.04. The molecule has 0 atom stereocenters. The summed E-state index contributed by atoms with van der Waals surface area (Å²) in [5.41, 5.74) is 1.67. The number of fused-ring (bicyclic) bond motifs is 1. The number of unbranched alkanes of at least 4 members (excludes halogenated alkanes) is 1. The van der Waals surface area contributed by atoms with Gasteiger partial charge in [-0.05, 0) is 67.2 Å². The van der Waals surface area contributed by atoms with Gasteiger partial charge in [-0.3, -0.25) is 4.79 Å². The van der Waals surface area contributed by atoms with Crippen LogP contribution in [0.5, 0.6) is 11.5 Å². The first-order valence-corrected chi connectivity index (χ1v) is 12.4. The number of anilines is 2. The first-order valence-electron chi connectivity index (χ1n) is 11.6. The normalized spacial score (nSPS) is 10.8. The number of nitrogens with zero attached hydrogens (tertiary/aromatic N) is 1. The second kappa shape index (κ2) is 12.9. The van der Waals surface area contributed by atoms with Gasteiger partial charge in [0.1, 0.15) is 5.82 Å². The van der Waals surface area contributed by atoms with Crippen molar-refractivity contribution in [3.63, 3.8) is 0 Å². The number of carbonyl (C=O) groups is 1. The number of carbonyl (C=O) groups excluding carboxylic acids is 1. The minimum absolute atomic E-state index is 0.122. The van der Waals surface area contributed by atoms with Gasteiger partial charge in [0.15, 0.2) is 11.5 Å². The zero-order chi connectivity index (χ0) is 23.5. The van der Waals surface area contributed by atoms with Crippen molar-refractivity contribution in [1.29, 1.82) is 0 Å². The molecule has 0 aliphatic carbocycles. The van der Waals surface area contributed by atoms with Gasteiger partial charge in [0, 0.05) is 36.3 Å². The average molecular weight is 471 g/mol. The fourth-order valence-electron chi connectivity index (χ4n) is 3.30. The SMILES string of the molecule is CCCCOc1cc(C(=O)NCCCNc2nsc3ccc(NCCC)cc23)ccc1OC. The van der Waals surface area contributed by atoms with Gasteiger partial charge in [-0.15, -0.1) is 0 Å². The Morgan fingerprint density at radius 2 is 1.85 bits per heavy atom. The van der Waals surface area contributed by atoms with E-state index in [9.17, 15) is 4.79 Å². The number of amides is 1. The number of hydrogen-bond acceptors (Lipinski definition) is 7. The quantitative estimate of drug-likeness (QED) is 0.268. The largest absolute Gasteiger partial charge is 0.493 e. The van der Waals surface area contributed by atoms with Gasteiger partial charge in [0.25, 0.3) is 5.91 Å². The smallest absolute Gasteiger partial charge is 0.251 e. The van der Waals surface area contributed by atoms with Crippen LogP contribution in [0, 0.1) is 0 Å². The molecule has 0 saturated heterocycles. The van der Waals surface area contributed by atoms with Gasteiger partial charge in [-0.1, -0.05) is 20.3 Å². The van der Waals surface area contributed by atoms with Crippen molar-refractivity contribution in [3.8, 4) is 11.5 Å². The summed E-state index contributed by atoms with van der Waals surface area (Å²) in [5.74, 6) is 2.01. The molecule has 0 unspecified atom stereocenters. The molecule has 0 radical (unpaired) electrons. The summed E-state index contributed by atoms with van der Waals surface area (Å²) >= 11 is 1.49. The maximum absolute atomic E-state index is 12.6. The van der Waals surface area contributed by atoms with Gasteiger partial charge < -0.3 is 25.4 Å². The molecule has 0 saturated carbocycles. The van der Waals surface area contributed by atoms with E-state index in [-0.39, 0.29) is 5.91 Å². The molecule has 3 rings (SSSR count). The van der Waals surface area contributed by atoms with Crippen LogP contribution in [0.3, 0.4) is 0 Å². The van der Waals surface area contributed by atoms with E-state index in [2.05, 4.69) is 52.4 Å². The summed E-state index contributed by atoms with van der Waals surface area (Å²) in [4.78, 5) is 12.6. The van der Waals surface area contributed by atoms with Crippen LogP contribution in [0.4, 0.5) is 11.5 Å². The van der Waals surface area contributed by atoms with Crippen molar-refractivity contribution in [2.45, 2.75) is 39.5 Å². The number of methoxy groups -OCH3 is 1. The lowest BCUT2D eigenvalue weighted by atomic mass is 10.2. The molecule has 7 nitrogen and oxygen atoms in total. The lowest BCUT2D eigenvalue weighted by molar-refractivity contribution is 0.0953. The van der Waals surface area contributed by atoms with E-state index in [0.29, 0.717) is 30.2 Å². The number of rotatable bonds is 14. The second-order valence-electron chi connectivity index (χ2n) is 7.77. The summed E-state index contributed by atoms with van der Waals surface area (Å²) in [6.45, 7) is 7.10. The average Bonchev–Trinajstić information content (AvgIpc) is 3.24. The topological polar surface area (TPSA) is 84.5 Å². The van der Waals surface area contributed by atoms with Crippen LogP contribution >= 0.6 is 11.5 Å². The van der Waals surface area contributed by atoms with Crippen LogP contribution < -0.4 is 25.4 Å². The number of ether oxygens (including phenoxy) is 2. The van der Waals surface area contributed by atoms with Gasteiger partial charge in [0.05, 0.1) is 18.4 Å². The summed E-state index contributed by atoms with van der Waals surface area (Å²) < 4.78 is 16.8. The van der Waals surface area contributed by atoms with Crippen LogP contribution in [-0.2, 0) is 0 Å². The third-order valence-electron chi connectivity index (χ3n) is 5.16. The maximum Gasteiger partial charge on any atom is 0.251 e. The predicted octanol–water partition coefficient (Wildman–Crippen LogP) is 5.54. The highest BCUT2D eigenvalue weighted by Gasteiger charge is 2.11. The molecule has 3 aromatic rings. The standard InChI is InChI=1S/C25H34N4O3S/c1-4-6-15-32-22-16-18(8-10-21(22)31-3)25(30)28-14-7-13-27-24-20-17-19(26-12-5-2)9-11-23(20)33-29-24/h8-11,16-17,26H,4-7,12-15H2,1-3H3,(H,27,29)(H,28,30). The Labute approximate surface area is 200 Å². The summed E-state index contributed by atoms with van der Waals surface area (Å²) in [5, 5.41) is 10.9. The van der Waals surface area contributed by atoms with E-state index in [1.807, 2.05) is 0 Å². The van der Waals surface area contributed by atoms with Crippen LogP contribution in [0.1, 0.15) is 49.9 Å². The maximum atomic E-state index is 12.6. The first kappa shape index (κ1) is 24.6. The Balaban J connectivity index is 1.48. The number of nitrogens with one attached hydrogen (secondary N) is 3. The molecule has 0 aliphatic rings. The van der Waals surface area contributed by atoms with E-state index in [4.69, 9.17) is 9.47 Å². The highest BCUT2D eigenvalue weighted by Crippen LogP contribution is 2.30. The Bertz CT molecular complexity index is 1040. The second-order valence-corrected chi connectivity index (χ2v) is 8.58. The van der Waals surface area contributed by atoms with E-state index < -0.39 is 0 Å². The molecule has 1 aromatic heterocycles. The van der Waals surface area contributed by atoms with Gasteiger partial charge in [-0.2, -0.15) is 4.37 Å². The Kier molecular flexibility index (Phi) is 9.62. The van der Waals surface area contributed by atoms with E-state index >= 15 is 0 Å². The Morgan fingerprint density at radius 1 is 0.970 bits per heavy atom. The minimum Gasteiger partial charge on any atom is -0.493 e. The molecule has 0 bridgehead atoms. The van der Waals surface area contributed by atoms with Crippen LogP contribution in [0.15, 0.2) is 36.4 Å². The zero-order valence-electron chi connectivity index (χ0n) is 19.7. The van der Waals surface area contributed by atoms with Gasteiger partial charge in [0.2, 0.25) is 0 Å². The summed E-state index contributed by atoms with van der Waals surface area (Å²) in [7, 11) is 1.60. The first-order chi connectivity index (χ1) is 16.2. The van der Waals surface area contributed by atoms with Crippen molar-refractivity contribution in [1.82, 2.24) is 9.69 Å². The van der Waals surface area contributed by atoms with E-state index in [1.165, 1.54) is 11.5 Å². The van der Waals surface area contributed by atoms with Crippen molar-refractivity contribution in [2.24, 2.45) is 0 Å². The van der Waals surface area contributed by atoms with Crippen molar-refractivity contribution >= 4 is 39.0 Å². The molecule has 0 spiro atoms. The molecule has 1 amide bonds. The Morgan fingerprint density at radius 3 is 2.64 bits per heavy atom. The van der Waals surface area contributed by atoms with Crippen LogP contribution in [0.25, 0.3) is 10.1 Å². The predicted molar refractivity (Wildman–Crippen MR) is 137 cm³/mol. The third-order valence-corrected chi connectivity index (χ3v) is 5.99. The lowest BCUT2D eigenvalue weighted by Crippen LogP contribution is -2.25. The molecule has 0 fully saturated rings. The van der Waals surface area contributed by atoms with Crippen LogP contribution in [0.2, 0.25) is 0 Å². The monoisotopic (exact) mass is 470 g/mol. The molecule has 33 heavy (non-hydrogen) atoms. The third kappa shape index (κ3) is 6.99.